The summed E-state index contributed by atoms with van der Waals surface area (Å²) in [5.41, 5.74) is 0. The van der Waals surface area contributed by atoms with Crippen LogP contribution in [-0.4, -0.2) is 14.8 Å². The molecule has 0 fully saturated rings. The van der Waals surface area contributed by atoms with Crippen LogP contribution in [0.25, 0.3) is 0 Å². The number of nitrogens with zero attached hydrogens (tertiary/aromatic N) is 2. The molecule has 0 saturated heterocycles. The highest BCUT2D eigenvalue weighted by molar-refractivity contribution is 7.71. The Hall–Kier alpha value is -1.30. The highest BCUT2D eigenvalue weighted by Crippen LogP contribution is 2.28. The number of nitrogens with one attached hydrogen (secondary N) is 1. The van der Waals surface area contributed by atoms with Crippen LogP contribution < -0.4 is 4.74 Å². The van der Waals surface area contributed by atoms with Crippen LogP contribution in [0, 0.1) is 4.77 Å². The number of benzene rings is 1. The van der Waals surface area contributed by atoms with E-state index in [0.29, 0.717) is 32.9 Å². The number of hydrogen-bond donors (Lipinski definition) is 1. The van der Waals surface area contributed by atoms with E-state index >= 15 is 0 Å². The Kier molecular flexibility index (Phi) is 4.63. The fourth-order valence-corrected chi connectivity index (χ4v) is 2.07. The van der Waals surface area contributed by atoms with Gasteiger partial charge < -0.3 is 4.74 Å². The Labute approximate surface area is 125 Å². The first-order valence-corrected chi connectivity index (χ1v) is 6.61. The lowest BCUT2D eigenvalue weighted by molar-refractivity contribution is 0.290. The molecular weight excluding hydrogens is 305 g/mol. The van der Waals surface area contributed by atoms with Gasteiger partial charge in [-0.3, -0.25) is 9.67 Å². The lowest BCUT2D eigenvalue weighted by Gasteiger charge is -2.08. The van der Waals surface area contributed by atoms with Crippen molar-refractivity contribution in [3.63, 3.8) is 0 Å². The quantitative estimate of drug-likeness (QED) is 0.669. The molecule has 0 aliphatic heterocycles. The molecule has 0 unspecified atom stereocenters. The van der Waals surface area contributed by atoms with Crippen molar-refractivity contribution in [1.29, 1.82) is 0 Å². The molecule has 0 bridgehead atoms. The molecule has 0 aliphatic carbocycles. The van der Waals surface area contributed by atoms with Gasteiger partial charge >= 0.3 is 0 Å². The molecule has 100 valence electrons. The van der Waals surface area contributed by atoms with Gasteiger partial charge in [0.2, 0.25) is 0 Å². The van der Waals surface area contributed by atoms with E-state index in [0.717, 1.165) is 0 Å². The highest BCUT2D eigenvalue weighted by Gasteiger charge is 2.08. The second-order valence-corrected chi connectivity index (χ2v) is 4.94. The minimum absolute atomic E-state index is 0.237. The van der Waals surface area contributed by atoms with Crippen LogP contribution in [0.3, 0.4) is 0 Å². The molecule has 4 nitrogen and oxygen atoms in total. The van der Waals surface area contributed by atoms with E-state index in [-0.39, 0.29) is 6.61 Å². The van der Waals surface area contributed by atoms with Gasteiger partial charge in [0.25, 0.3) is 0 Å². The van der Waals surface area contributed by atoms with E-state index in [9.17, 15) is 0 Å². The molecule has 2 aromatic rings. The third kappa shape index (κ3) is 3.37. The van der Waals surface area contributed by atoms with E-state index in [1.165, 1.54) is 0 Å². The number of hydrogen-bond acceptors (Lipinski definition) is 3. The van der Waals surface area contributed by atoms with E-state index in [1.807, 2.05) is 0 Å². The summed E-state index contributed by atoms with van der Waals surface area (Å²) in [6.45, 7) is 4.48. The van der Waals surface area contributed by atoms with Crippen molar-refractivity contribution >= 4 is 35.4 Å². The molecule has 1 aromatic carbocycles. The van der Waals surface area contributed by atoms with Crippen LogP contribution >= 0.6 is 35.4 Å². The Morgan fingerprint density at radius 1 is 1.47 bits per heavy atom. The molecule has 0 saturated carbocycles. The summed E-state index contributed by atoms with van der Waals surface area (Å²) < 4.78 is 7.92. The van der Waals surface area contributed by atoms with Gasteiger partial charge in [-0.1, -0.05) is 29.3 Å². The van der Waals surface area contributed by atoms with Gasteiger partial charge in [0.1, 0.15) is 12.4 Å². The first kappa shape index (κ1) is 14.1. The third-order valence-corrected chi connectivity index (χ3v) is 3.26. The Balaban J connectivity index is 2.16. The number of ether oxygens (including phenoxy) is 1. The predicted octanol–water partition coefficient (Wildman–Crippen LogP) is 4.01. The summed E-state index contributed by atoms with van der Waals surface area (Å²) in [7, 11) is 0. The van der Waals surface area contributed by atoms with E-state index in [4.69, 9.17) is 40.2 Å². The maximum atomic E-state index is 6.01. The lowest BCUT2D eigenvalue weighted by Crippen LogP contribution is -2.06. The van der Waals surface area contributed by atoms with Gasteiger partial charge in [0, 0.05) is 17.6 Å². The minimum Gasteiger partial charge on any atom is -0.484 e. The zero-order valence-electron chi connectivity index (χ0n) is 9.90. The maximum absolute atomic E-state index is 6.01. The Morgan fingerprint density at radius 2 is 2.26 bits per heavy atom. The van der Waals surface area contributed by atoms with Crippen molar-refractivity contribution in [3.8, 4) is 5.75 Å². The van der Waals surface area contributed by atoms with Crippen molar-refractivity contribution in [3.05, 3.63) is 51.5 Å². The normalized spacial score (nSPS) is 10.4. The zero-order valence-corrected chi connectivity index (χ0v) is 12.2. The highest BCUT2D eigenvalue weighted by atomic mass is 35.5. The second kappa shape index (κ2) is 6.23. The number of allylic oxidation sites excluding steroid dienone is 1. The Bertz CT molecular complexity index is 651. The average molecular weight is 316 g/mol. The molecule has 0 amide bonds. The number of aromatic amines is 1. The number of H-pyrrole nitrogens is 1. The van der Waals surface area contributed by atoms with Gasteiger partial charge in [-0.25, -0.2) is 0 Å². The van der Waals surface area contributed by atoms with Gasteiger partial charge in [0.05, 0.1) is 5.02 Å². The van der Waals surface area contributed by atoms with Crippen molar-refractivity contribution in [2.24, 2.45) is 0 Å². The van der Waals surface area contributed by atoms with E-state index in [1.54, 1.807) is 28.8 Å². The number of halogens is 2. The van der Waals surface area contributed by atoms with Crippen LogP contribution in [0.15, 0.2) is 30.9 Å². The van der Waals surface area contributed by atoms with E-state index < -0.39 is 0 Å². The molecule has 0 atom stereocenters. The number of aromatic nitrogens is 3. The van der Waals surface area contributed by atoms with Crippen molar-refractivity contribution < 1.29 is 4.74 Å². The van der Waals surface area contributed by atoms with Gasteiger partial charge in [-0.2, -0.15) is 5.10 Å². The van der Waals surface area contributed by atoms with Gasteiger partial charge in [-0.15, -0.1) is 6.58 Å². The SMILES string of the molecule is C=CCn1c(COc2cc(Cl)ccc2Cl)n[nH]c1=S. The molecule has 1 heterocycles. The molecule has 0 aliphatic rings. The predicted molar refractivity (Wildman–Crippen MR) is 78.4 cm³/mol. The van der Waals surface area contributed by atoms with Crippen LogP contribution in [0.1, 0.15) is 5.82 Å². The molecule has 1 N–H and O–H groups in total. The molecule has 2 rings (SSSR count). The summed E-state index contributed by atoms with van der Waals surface area (Å²) >= 11 is 17.0. The van der Waals surface area contributed by atoms with Gasteiger partial charge in [0.15, 0.2) is 10.6 Å². The zero-order chi connectivity index (χ0) is 13.8. The van der Waals surface area contributed by atoms with Crippen LogP contribution in [0.2, 0.25) is 10.0 Å². The second-order valence-electron chi connectivity index (χ2n) is 3.71. The summed E-state index contributed by atoms with van der Waals surface area (Å²) in [5, 5.41) is 7.87. The lowest BCUT2D eigenvalue weighted by atomic mass is 10.3. The first-order valence-electron chi connectivity index (χ1n) is 5.44. The molecule has 0 spiro atoms. The Morgan fingerprint density at radius 3 is 3.00 bits per heavy atom. The van der Waals surface area contributed by atoms with Crippen molar-refractivity contribution in [1.82, 2.24) is 14.8 Å². The van der Waals surface area contributed by atoms with Crippen LogP contribution in [0.5, 0.6) is 5.75 Å². The summed E-state index contributed by atoms with van der Waals surface area (Å²) in [6.07, 6.45) is 1.74. The van der Waals surface area contributed by atoms with Crippen molar-refractivity contribution in [2.45, 2.75) is 13.2 Å². The number of rotatable bonds is 5. The summed E-state index contributed by atoms with van der Waals surface area (Å²) in [4.78, 5) is 0. The first-order chi connectivity index (χ1) is 9.11. The fourth-order valence-electron chi connectivity index (χ4n) is 1.51. The topological polar surface area (TPSA) is 42.8 Å². The molecular formula is C12H11Cl2N3OS. The molecule has 7 heteroatoms. The largest absolute Gasteiger partial charge is 0.484 e. The molecule has 1 aromatic heterocycles. The standard InChI is InChI=1S/C12H11Cl2N3OS/c1-2-5-17-11(15-16-12(17)19)7-18-10-6-8(13)3-4-9(10)14/h2-4,6H,1,5,7H2,(H,16,19). The average Bonchev–Trinajstić information content (AvgIpc) is 2.73. The monoisotopic (exact) mass is 315 g/mol. The summed E-state index contributed by atoms with van der Waals surface area (Å²) in [5.74, 6) is 1.18. The molecule has 0 radical (unpaired) electrons. The van der Waals surface area contributed by atoms with E-state index in [2.05, 4.69) is 16.8 Å². The maximum Gasteiger partial charge on any atom is 0.195 e. The van der Waals surface area contributed by atoms with Crippen molar-refractivity contribution in [2.75, 3.05) is 0 Å². The van der Waals surface area contributed by atoms with Gasteiger partial charge in [-0.05, 0) is 24.4 Å². The summed E-state index contributed by atoms with van der Waals surface area (Å²) in [6, 6.07) is 5.04. The third-order valence-electron chi connectivity index (χ3n) is 2.40. The van der Waals surface area contributed by atoms with Crippen LogP contribution in [-0.2, 0) is 13.2 Å². The fraction of sp³-hybridized carbons (Fsp3) is 0.167. The smallest absolute Gasteiger partial charge is 0.195 e. The van der Waals surface area contributed by atoms with Crippen LogP contribution in [0.4, 0.5) is 0 Å². The minimum atomic E-state index is 0.237. The molecule has 19 heavy (non-hydrogen) atoms.